The van der Waals surface area contributed by atoms with Crippen molar-refractivity contribution in [3.05, 3.63) is 47.5 Å². The van der Waals surface area contributed by atoms with Gasteiger partial charge in [0.1, 0.15) is 6.04 Å². The van der Waals surface area contributed by atoms with Crippen LogP contribution in [0.4, 0.5) is 0 Å². The molecule has 35 heavy (non-hydrogen) atoms. The maximum Gasteiger partial charge on any atom is 0.331 e. The highest BCUT2D eigenvalue weighted by atomic mass is 16.4. The zero-order valence-electron chi connectivity index (χ0n) is 22.4. The van der Waals surface area contributed by atoms with E-state index in [2.05, 4.69) is 22.3 Å². The van der Waals surface area contributed by atoms with E-state index >= 15 is 0 Å². The molecule has 0 aliphatic carbocycles. The van der Waals surface area contributed by atoms with Crippen LogP contribution in [0.25, 0.3) is 0 Å². The fourth-order valence-electron chi connectivity index (χ4n) is 4.61. The molecule has 2 N–H and O–H groups in total. The van der Waals surface area contributed by atoms with E-state index in [1.165, 1.54) is 6.92 Å². The predicted molar refractivity (Wildman–Crippen MR) is 139 cm³/mol. The van der Waals surface area contributed by atoms with Crippen LogP contribution >= 0.6 is 0 Å². The highest BCUT2D eigenvalue weighted by molar-refractivity contribution is 5.91. The zero-order valence-corrected chi connectivity index (χ0v) is 22.4. The van der Waals surface area contributed by atoms with E-state index in [0.717, 1.165) is 31.4 Å². The standard InChI is InChI=1S/C28H43N3O4/c1-19(2)23(17-20(3)27(34)35)30(7)26(33)24(28(4,5)6)29-25(32)22-15-11-12-16-31(22)18-21-13-9-8-10-14-21/h8-10,13-14,17,19,22-24H,11-12,15-16,18H2,1-7H3,(H,29,32)(H,34,35)/b20-17+/t22?,23-,24-/m1/s1. The lowest BCUT2D eigenvalue weighted by molar-refractivity contribution is -0.142. The summed E-state index contributed by atoms with van der Waals surface area (Å²) < 4.78 is 0. The number of benzene rings is 1. The summed E-state index contributed by atoms with van der Waals surface area (Å²) in [7, 11) is 1.69. The van der Waals surface area contributed by atoms with Gasteiger partial charge in [-0.1, -0.05) is 77.4 Å². The number of carbonyl (C=O) groups excluding carboxylic acids is 2. The molecule has 0 saturated carbocycles. The number of aliphatic carboxylic acids is 1. The van der Waals surface area contributed by atoms with E-state index in [4.69, 9.17) is 0 Å². The maximum absolute atomic E-state index is 13.7. The molecule has 1 aromatic rings. The molecule has 7 nitrogen and oxygen atoms in total. The van der Waals surface area contributed by atoms with Crippen molar-refractivity contribution in [1.29, 1.82) is 0 Å². The molecule has 1 aliphatic heterocycles. The Morgan fingerprint density at radius 2 is 1.80 bits per heavy atom. The van der Waals surface area contributed by atoms with Crippen LogP contribution in [-0.2, 0) is 20.9 Å². The fraction of sp³-hybridized carbons (Fsp3) is 0.607. The summed E-state index contributed by atoms with van der Waals surface area (Å²) in [6.07, 6.45) is 4.41. The summed E-state index contributed by atoms with van der Waals surface area (Å²) in [5.74, 6) is -1.34. The average Bonchev–Trinajstić information content (AvgIpc) is 2.79. The second-order valence-electron chi connectivity index (χ2n) is 11.1. The van der Waals surface area contributed by atoms with Gasteiger partial charge in [0.2, 0.25) is 11.8 Å². The summed E-state index contributed by atoms with van der Waals surface area (Å²) in [6.45, 7) is 12.8. The van der Waals surface area contributed by atoms with Gasteiger partial charge in [0, 0.05) is 19.2 Å². The first-order valence-corrected chi connectivity index (χ1v) is 12.6. The number of amides is 2. The first-order valence-electron chi connectivity index (χ1n) is 12.6. The highest BCUT2D eigenvalue weighted by Crippen LogP contribution is 2.26. The van der Waals surface area contributed by atoms with Crippen molar-refractivity contribution in [2.45, 2.75) is 85.5 Å². The number of likely N-dealkylation sites (N-methyl/N-ethyl adjacent to an activating group) is 1. The van der Waals surface area contributed by atoms with Crippen LogP contribution in [0.5, 0.6) is 0 Å². The Morgan fingerprint density at radius 1 is 1.17 bits per heavy atom. The number of carboxylic acids is 1. The normalized spacial score (nSPS) is 19.2. The Bertz CT molecular complexity index is 905. The van der Waals surface area contributed by atoms with Crippen molar-refractivity contribution in [1.82, 2.24) is 15.1 Å². The third-order valence-corrected chi connectivity index (χ3v) is 6.78. The van der Waals surface area contributed by atoms with Gasteiger partial charge in [-0.05, 0) is 43.2 Å². The third-order valence-electron chi connectivity index (χ3n) is 6.78. The molecule has 2 amide bonds. The zero-order chi connectivity index (χ0) is 26.3. The number of nitrogens with one attached hydrogen (secondary N) is 1. The molecule has 194 valence electrons. The lowest BCUT2D eigenvalue weighted by Gasteiger charge is -2.40. The second kappa shape index (κ2) is 12.3. The van der Waals surface area contributed by atoms with E-state index in [1.807, 2.05) is 52.8 Å². The smallest absolute Gasteiger partial charge is 0.331 e. The Morgan fingerprint density at radius 3 is 2.34 bits per heavy atom. The lowest BCUT2D eigenvalue weighted by Crippen LogP contribution is -2.60. The molecule has 1 heterocycles. The van der Waals surface area contributed by atoms with Gasteiger partial charge in [-0.2, -0.15) is 0 Å². The summed E-state index contributed by atoms with van der Waals surface area (Å²) in [6, 6.07) is 8.70. The van der Waals surface area contributed by atoms with Crippen LogP contribution in [-0.4, -0.2) is 64.4 Å². The SMILES string of the molecule is C/C(=C\[C@H](C(C)C)N(C)C(=O)[C@@H](NC(=O)C1CCCCN1Cc1ccccc1)C(C)(C)C)C(=O)O. The molecule has 1 unspecified atom stereocenters. The molecule has 0 aromatic heterocycles. The van der Waals surface area contributed by atoms with Gasteiger partial charge in [0.05, 0.1) is 12.1 Å². The van der Waals surface area contributed by atoms with E-state index in [-0.39, 0.29) is 29.3 Å². The first-order chi connectivity index (χ1) is 16.3. The lowest BCUT2D eigenvalue weighted by atomic mass is 9.84. The molecule has 1 aromatic carbocycles. The van der Waals surface area contributed by atoms with Crippen LogP contribution < -0.4 is 5.32 Å². The number of carboxylic acid groups (broad SMARTS) is 1. The minimum atomic E-state index is -1.01. The van der Waals surface area contributed by atoms with Crippen molar-refractivity contribution in [3.63, 3.8) is 0 Å². The number of hydrogen-bond donors (Lipinski definition) is 2. The van der Waals surface area contributed by atoms with Crippen molar-refractivity contribution in [2.24, 2.45) is 11.3 Å². The van der Waals surface area contributed by atoms with Gasteiger partial charge in [-0.3, -0.25) is 14.5 Å². The first kappa shape index (κ1) is 28.6. The van der Waals surface area contributed by atoms with Crippen molar-refractivity contribution in [3.8, 4) is 0 Å². The summed E-state index contributed by atoms with van der Waals surface area (Å²) in [5, 5.41) is 12.4. The second-order valence-corrected chi connectivity index (χ2v) is 11.1. The monoisotopic (exact) mass is 485 g/mol. The Labute approximate surface area is 210 Å². The molecule has 0 bridgehead atoms. The van der Waals surface area contributed by atoms with Crippen LogP contribution in [0.1, 0.15) is 66.4 Å². The van der Waals surface area contributed by atoms with Gasteiger partial charge in [-0.15, -0.1) is 0 Å². The molecular weight excluding hydrogens is 442 g/mol. The summed E-state index contributed by atoms with van der Waals surface area (Å²) in [5.41, 5.74) is 0.835. The molecule has 1 fully saturated rings. The van der Waals surface area contributed by atoms with Gasteiger partial charge in [0.15, 0.2) is 0 Å². The number of hydrogen-bond acceptors (Lipinski definition) is 4. The largest absolute Gasteiger partial charge is 0.478 e. The molecule has 3 atom stereocenters. The van der Waals surface area contributed by atoms with Crippen molar-refractivity contribution < 1.29 is 19.5 Å². The highest BCUT2D eigenvalue weighted by Gasteiger charge is 2.39. The van der Waals surface area contributed by atoms with Crippen molar-refractivity contribution in [2.75, 3.05) is 13.6 Å². The molecule has 1 aliphatic rings. The quantitative estimate of drug-likeness (QED) is 0.514. The van der Waals surface area contributed by atoms with E-state index < -0.39 is 23.5 Å². The Kier molecular flexibility index (Phi) is 10.1. The number of likely N-dealkylation sites (tertiary alicyclic amines) is 1. The van der Waals surface area contributed by atoms with Gasteiger partial charge >= 0.3 is 5.97 Å². The Balaban J connectivity index is 2.24. The predicted octanol–water partition coefficient (Wildman–Crippen LogP) is 4.09. The van der Waals surface area contributed by atoms with Gasteiger partial charge < -0.3 is 15.3 Å². The van der Waals surface area contributed by atoms with Crippen LogP contribution in [0.15, 0.2) is 42.0 Å². The van der Waals surface area contributed by atoms with Crippen LogP contribution in [0.3, 0.4) is 0 Å². The molecular formula is C28H43N3O4. The van der Waals surface area contributed by atoms with Gasteiger partial charge in [0.25, 0.3) is 0 Å². The van der Waals surface area contributed by atoms with Crippen molar-refractivity contribution >= 4 is 17.8 Å². The van der Waals surface area contributed by atoms with E-state index in [1.54, 1.807) is 18.0 Å². The summed E-state index contributed by atoms with van der Waals surface area (Å²) >= 11 is 0. The fourth-order valence-corrected chi connectivity index (χ4v) is 4.61. The topological polar surface area (TPSA) is 90.0 Å². The van der Waals surface area contributed by atoms with E-state index in [9.17, 15) is 19.5 Å². The van der Waals surface area contributed by atoms with E-state index in [0.29, 0.717) is 6.54 Å². The molecule has 2 rings (SSSR count). The minimum Gasteiger partial charge on any atom is -0.478 e. The number of carbonyl (C=O) groups is 3. The third kappa shape index (κ3) is 7.92. The maximum atomic E-state index is 13.7. The molecule has 7 heteroatoms. The number of piperidine rings is 1. The minimum absolute atomic E-state index is 0.00859. The van der Waals surface area contributed by atoms with Crippen LogP contribution in [0, 0.1) is 11.3 Å². The van der Waals surface area contributed by atoms with Gasteiger partial charge in [-0.25, -0.2) is 4.79 Å². The molecule has 0 spiro atoms. The molecule has 0 radical (unpaired) electrons. The average molecular weight is 486 g/mol. The summed E-state index contributed by atoms with van der Waals surface area (Å²) in [4.78, 5) is 42.4. The van der Waals surface area contributed by atoms with Crippen LogP contribution in [0.2, 0.25) is 0 Å². The number of nitrogens with zero attached hydrogens (tertiary/aromatic N) is 2. The Hall–Kier alpha value is -2.67. The molecule has 1 saturated heterocycles. The number of rotatable bonds is 9.